The topological polar surface area (TPSA) is 52.6 Å². The molecule has 43 heavy (non-hydrogen) atoms. The fourth-order valence-corrected chi connectivity index (χ4v) is 7.33. The summed E-state index contributed by atoms with van der Waals surface area (Å²) < 4.78 is 0. The summed E-state index contributed by atoms with van der Waals surface area (Å²) in [5.41, 5.74) is 1.55. The van der Waals surface area contributed by atoms with Crippen LogP contribution >= 0.6 is 0 Å². The van der Waals surface area contributed by atoms with E-state index in [1.54, 1.807) is 4.90 Å². The minimum atomic E-state index is -0.810. The van der Waals surface area contributed by atoms with Gasteiger partial charge in [-0.25, -0.2) is 9.69 Å². The summed E-state index contributed by atoms with van der Waals surface area (Å²) in [5.74, 6) is 0.222. The number of unbranched alkanes of at least 4 members (excludes halogenated alkanes) is 14. The van der Waals surface area contributed by atoms with E-state index in [0.717, 1.165) is 57.2 Å². The van der Waals surface area contributed by atoms with Gasteiger partial charge in [0.25, 0.3) is 5.91 Å². The van der Waals surface area contributed by atoms with E-state index in [1.165, 1.54) is 102 Å². The minimum Gasteiger partial charge on any atom is -0.322 e. The van der Waals surface area contributed by atoms with E-state index in [0.29, 0.717) is 13.1 Å². The highest BCUT2D eigenvalue weighted by atomic mass is 16.2. The van der Waals surface area contributed by atoms with Crippen molar-refractivity contribution in [3.8, 4) is 0 Å². The molecule has 5 nitrogen and oxygen atoms in total. The van der Waals surface area contributed by atoms with E-state index in [-0.39, 0.29) is 17.9 Å². The van der Waals surface area contributed by atoms with Crippen LogP contribution in [0.25, 0.3) is 0 Å². The first-order valence-corrected chi connectivity index (χ1v) is 18.4. The Morgan fingerprint density at radius 2 is 1.21 bits per heavy atom. The second-order valence-electron chi connectivity index (χ2n) is 13.8. The first-order valence-electron chi connectivity index (χ1n) is 18.4. The molecule has 1 unspecified atom stereocenters. The molecule has 2 fully saturated rings. The molecule has 0 aromatic heterocycles. The molecule has 1 aromatic rings. The van der Waals surface area contributed by atoms with Crippen LogP contribution in [0.1, 0.15) is 160 Å². The largest absolute Gasteiger partial charge is 0.326 e. The number of carbonyl (C=O) groups excluding carboxylic acids is 2. The van der Waals surface area contributed by atoms with Gasteiger partial charge in [-0.05, 0) is 57.2 Å². The lowest BCUT2D eigenvalue weighted by molar-refractivity contribution is -0.135. The highest BCUT2D eigenvalue weighted by Gasteiger charge is 2.55. The van der Waals surface area contributed by atoms with Crippen LogP contribution in [0, 0.1) is 12.8 Å². The fraction of sp³-hybridized carbons (Fsp3) is 0.789. The molecule has 1 aromatic carbocycles. The second kappa shape index (κ2) is 20.2. The molecule has 5 heteroatoms. The van der Waals surface area contributed by atoms with Crippen molar-refractivity contribution < 1.29 is 9.59 Å². The number of aryl methyl sites for hydroxylation is 1. The molecule has 1 saturated carbocycles. The van der Waals surface area contributed by atoms with Crippen LogP contribution in [0.4, 0.5) is 4.79 Å². The van der Waals surface area contributed by atoms with E-state index in [9.17, 15) is 9.59 Å². The summed E-state index contributed by atoms with van der Waals surface area (Å²) in [5, 5.41) is 3.32. The van der Waals surface area contributed by atoms with E-state index in [1.807, 2.05) is 0 Å². The SMILES string of the molecule is CCCCCCCCCCN(CCCCCCCCCC)CN1C(=O)NC(Cc2ccc(C)cc2)(C2CCCCC2)C1=O. The monoisotopic (exact) mass is 596 g/mol. The van der Waals surface area contributed by atoms with E-state index in [2.05, 4.69) is 55.3 Å². The number of rotatable bonds is 23. The number of nitrogens with zero attached hydrogens (tertiary/aromatic N) is 2. The molecule has 244 valence electrons. The van der Waals surface area contributed by atoms with Crippen molar-refractivity contribution in [1.29, 1.82) is 0 Å². The van der Waals surface area contributed by atoms with Crippen molar-refractivity contribution in [3.63, 3.8) is 0 Å². The summed E-state index contributed by atoms with van der Waals surface area (Å²) in [6.45, 7) is 9.01. The summed E-state index contributed by atoms with van der Waals surface area (Å²) in [4.78, 5) is 31.9. The molecule has 3 amide bonds. The number of imide groups is 1. The van der Waals surface area contributed by atoms with E-state index in [4.69, 9.17) is 0 Å². The molecule has 0 spiro atoms. The van der Waals surface area contributed by atoms with Gasteiger partial charge in [-0.15, -0.1) is 0 Å². The van der Waals surface area contributed by atoms with Gasteiger partial charge in [0.05, 0.1) is 6.67 Å². The fourth-order valence-electron chi connectivity index (χ4n) is 7.33. The lowest BCUT2D eigenvalue weighted by Gasteiger charge is -2.38. The van der Waals surface area contributed by atoms with Crippen molar-refractivity contribution in [2.24, 2.45) is 5.92 Å². The van der Waals surface area contributed by atoms with Gasteiger partial charge in [0, 0.05) is 6.42 Å². The standard InChI is InChI=1S/C38H65N3O2/c1-4-6-8-10-12-14-16-21-29-40(30-22-17-15-13-11-9-7-5-2)32-41-36(42)38(39-37(41)43,35-23-19-18-20-24-35)31-34-27-25-33(3)26-28-34/h25-28,35H,4-24,29-32H2,1-3H3,(H,39,43). The number of carbonyl (C=O) groups is 2. The van der Waals surface area contributed by atoms with Crippen molar-refractivity contribution in [3.05, 3.63) is 35.4 Å². The third-order valence-corrected chi connectivity index (χ3v) is 10.1. The molecule has 1 heterocycles. The number of hydrogen-bond acceptors (Lipinski definition) is 3. The molecular weight excluding hydrogens is 530 g/mol. The Balaban J connectivity index is 1.62. The van der Waals surface area contributed by atoms with Crippen molar-refractivity contribution >= 4 is 11.9 Å². The zero-order valence-corrected chi connectivity index (χ0v) is 28.3. The average Bonchev–Trinajstić information content (AvgIpc) is 3.25. The number of nitrogens with one attached hydrogen (secondary N) is 1. The lowest BCUT2D eigenvalue weighted by atomic mass is 9.71. The van der Waals surface area contributed by atoms with Crippen LogP contribution < -0.4 is 5.32 Å². The van der Waals surface area contributed by atoms with Crippen LogP contribution in [0.15, 0.2) is 24.3 Å². The van der Waals surface area contributed by atoms with E-state index < -0.39 is 5.54 Å². The molecule has 1 aliphatic carbocycles. The minimum absolute atomic E-state index is 0.0156. The third kappa shape index (κ3) is 11.9. The smallest absolute Gasteiger partial charge is 0.322 e. The zero-order chi connectivity index (χ0) is 30.8. The normalized spacial score (nSPS) is 19.5. The lowest BCUT2D eigenvalue weighted by Crippen LogP contribution is -2.56. The van der Waals surface area contributed by atoms with Gasteiger partial charge in [-0.2, -0.15) is 0 Å². The maximum absolute atomic E-state index is 14.4. The maximum atomic E-state index is 14.4. The summed E-state index contributed by atoms with van der Waals surface area (Å²) in [6, 6.07) is 8.34. The number of amides is 3. The summed E-state index contributed by atoms with van der Waals surface area (Å²) >= 11 is 0. The van der Waals surface area contributed by atoms with Crippen LogP contribution in [-0.4, -0.2) is 47.0 Å². The molecule has 1 saturated heterocycles. The molecule has 0 bridgehead atoms. The Kier molecular flexibility index (Phi) is 16.7. The molecule has 1 N–H and O–H groups in total. The van der Waals surface area contributed by atoms with Gasteiger partial charge in [0.1, 0.15) is 5.54 Å². The molecular formula is C38H65N3O2. The Bertz CT molecular complexity index is 890. The van der Waals surface area contributed by atoms with Gasteiger partial charge in [-0.1, -0.05) is 153 Å². The zero-order valence-electron chi connectivity index (χ0n) is 28.3. The second-order valence-corrected chi connectivity index (χ2v) is 13.8. The first-order chi connectivity index (χ1) is 21.0. The van der Waals surface area contributed by atoms with Gasteiger partial charge < -0.3 is 5.32 Å². The third-order valence-electron chi connectivity index (χ3n) is 10.1. The van der Waals surface area contributed by atoms with E-state index >= 15 is 0 Å². The number of urea groups is 1. The van der Waals surface area contributed by atoms with Crippen LogP contribution in [-0.2, 0) is 11.2 Å². The van der Waals surface area contributed by atoms with Crippen molar-refractivity contribution in [2.45, 2.75) is 168 Å². The van der Waals surface area contributed by atoms with Crippen LogP contribution in [0.3, 0.4) is 0 Å². The Hall–Kier alpha value is -1.88. The average molecular weight is 596 g/mol. The maximum Gasteiger partial charge on any atom is 0.326 e. The van der Waals surface area contributed by atoms with Gasteiger partial charge in [0.2, 0.25) is 0 Å². The molecule has 1 atom stereocenters. The van der Waals surface area contributed by atoms with Crippen LogP contribution in [0.5, 0.6) is 0 Å². The predicted octanol–water partition coefficient (Wildman–Crippen LogP) is 9.95. The van der Waals surface area contributed by atoms with Gasteiger partial charge >= 0.3 is 6.03 Å². The Morgan fingerprint density at radius 1 is 0.721 bits per heavy atom. The van der Waals surface area contributed by atoms with Gasteiger partial charge in [-0.3, -0.25) is 9.69 Å². The highest BCUT2D eigenvalue weighted by molar-refractivity contribution is 6.07. The van der Waals surface area contributed by atoms with Crippen molar-refractivity contribution in [2.75, 3.05) is 19.8 Å². The van der Waals surface area contributed by atoms with Gasteiger partial charge in [0.15, 0.2) is 0 Å². The molecule has 2 aliphatic rings. The molecule has 0 radical (unpaired) electrons. The number of benzene rings is 1. The summed E-state index contributed by atoms with van der Waals surface area (Å²) in [7, 11) is 0. The quantitative estimate of drug-likeness (QED) is 0.101. The predicted molar refractivity (Wildman–Crippen MR) is 181 cm³/mol. The van der Waals surface area contributed by atoms with Crippen LogP contribution in [0.2, 0.25) is 0 Å². The first kappa shape index (κ1) is 35.6. The highest BCUT2D eigenvalue weighted by Crippen LogP contribution is 2.39. The molecule has 3 rings (SSSR count). The molecule has 1 aliphatic heterocycles. The Morgan fingerprint density at radius 3 is 1.72 bits per heavy atom. The Labute approximate surface area is 264 Å². The number of hydrogen-bond donors (Lipinski definition) is 1. The van der Waals surface area contributed by atoms with Crippen molar-refractivity contribution in [1.82, 2.24) is 15.1 Å². The summed E-state index contributed by atoms with van der Waals surface area (Å²) in [6.07, 6.45) is 26.9.